The summed E-state index contributed by atoms with van der Waals surface area (Å²) in [4.78, 5) is 0. The van der Waals surface area contributed by atoms with E-state index in [4.69, 9.17) is 9.47 Å². The molecule has 1 aromatic carbocycles. The normalized spacial score (nSPS) is 20.1. The Morgan fingerprint density at radius 3 is 2.78 bits per heavy atom. The van der Waals surface area contributed by atoms with Gasteiger partial charge in [-0.25, -0.2) is 4.39 Å². The van der Waals surface area contributed by atoms with Crippen LogP contribution in [0.2, 0.25) is 0 Å². The molecule has 1 heterocycles. The van der Waals surface area contributed by atoms with Crippen molar-refractivity contribution in [3.63, 3.8) is 0 Å². The largest absolute Gasteiger partial charge is 0.485 e. The molecule has 18 heavy (non-hydrogen) atoms. The number of hydrogen-bond donors (Lipinski definition) is 0. The van der Waals surface area contributed by atoms with Crippen molar-refractivity contribution in [3.8, 4) is 5.75 Å². The molecule has 1 saturated heterocycles. The minimum atomic E-state index is -0.277. The molecule has 0 radical (unpaired) electrons. The summed E-state index contributed by atoms with van der Waals surface area (Å²) in [7, 11) is 0. The maximum absolute atomic E-state index is 14.0. The van der Waals surface area contributed by atoms with E-state index in [0.717, 1.165) is 18.4 Å². The molecule has 1 aliphatic heterocycles. The Kier molecular flexibility index (Phi) is 3.91. The minimum Gasteiger partial charge on any atom is -0.485 e. The van der Waals surface area contributed by atoms with Crippen LogP contribution in [-0.2, 0) is 10.2 Å². The van der Waals surface area contributed by atoms with Crippen molar-refractivity contribution in [2.75, 3.05) is 13.2 Å². The van der Waals surface area contributed by atoms with E-state index < -0.39 is 0 Å². The molecule has 1 aliphatic rings. The predicted molar refractivity (Wildman–Crippen MR) is 69.6 cm³/mol. The molecule has 2 rings (SSSR count). The van der Waals surface area contributed by atoms with Crippen molar-refractivity contribution in [2.24, 2.45) is 0 Å². The molecule has 3 heteroatoms. The molecule has 0 saturated carbocycles. The second-order valence-electron chi connectivity index (χ2n) is 5.49. The number of rotatable bonds is 4. The first-order valence-corrected chi connectivity index (χ1v) is 6.57. The van der Waals surface area contributed by atoms with Gasteiger partial charge in [0.15, 0.2) is 11.6 Å². The van der Waals surface area contributed by atoms with Crippen LogP contribution in [0.3, 0.4) is 0 Å². The van der Waals surface area contributed by atoms with Gasteiger partial charge in [0, 0.05) is 6.42 Å². The molecular weight excluding hydrogens is 231 g/mol. The van der Waals surface area contributed by atoms with E-state index in [-0.39, 0.29) is 17.3 Å². The highest BCUT2D eigenvalue weighted by Crippen LogP contribution is 2.30. The number of halogens is 1. The topological polar surface area (TPSA) is 18.5 Å². The Bertz CT molecular complexity index is 409. The van der Waals surface area contributed by atoms with Gasteiger partial charge in [0.25, 0.3) is 0 Å². The van der Waals surface area contributed by atoms with Gasteiger partial charge in [-0.1, -0.05) is 26.8 Å². The van der Waals surface area contributed by atoms with E-state index in [9.17, 15) is 4.39 Å². The lowest BCUT2D eigenvalue weighted by atomic mass is 9.82. The summed E-state index contributed by atoms with van der Waals surface area (Å²) < 4.78 is 24.8. The monoisotopic (exact) mass is 252 g/mol. The molecular formula is C15H21FO2. The minimum absolute atomic E-state index is 0.00413. The van der Waals surface area contributed by atoms with Crippen LogP contribution in [0.4, 0.5) is 4.39 Å². The highest BCUT2D eigenvalue weighted by atomic mass is 19.1. The second kappa shape index (κ2) is 5.27. The van der Waals surface area contributed by atoms with Gasteiger partial charge >= 0.3 is 0 Å². The third-order valence-electron chi connectivity index (χ3n) is 3.78. The van der Waals surface area contributed by atoms with E-state index in [1.807, 2.05) is 6.07 Å². The summed E-state index contributed by atoms with van der Waals surface area (Å²) in [5.74, 6) is 0.0575. The van der Waals surface area contributed by atoms with E-state index >= 15 is 0 Å². The fourth-order valence-corrected chi connectivity index (χ4v) is 2.01. The zero-order valence-corrected chi connectivity index (χ0v) is 11.3. The lowest BCUT2D eigenvalue weighted by molar-refractivity contribution is 0.138. The van der Waals surface area contributed by atoms with E-state index in [1.54, 1.807) is 12.1 Å². The third-order valence-corrected chi connectivity index (χ3v) is 3.78. The van der Waals surface area contributed by atoms with Crippen LogP contribution >= 0.6 is 0 Å². The maximum atomic E-state index is 14.0. The van der Waals surface area contributed by atoms with Gasteiger partial charge in [0.05, 0.1) is 13.2 Å². The maximum Gasteiger partial charge on any atom is 0.165 e. The Labute approximate surface area is 108 Å². The second-order valence-corrected chi connectivity index (χ2v) is 5.49. The van der Waals surface area contributed by atoms with Crippen LogP contribution in [0.15, 0.2) is 18.2 Å². The molecule has 2 nitrogen and oxygen atoms in total. The average Bonchev–Trinajstić information content (AvgIpc) is 2.84. The first-order valence-electron chi connectivity index (χ1n) is 6.57. The molecule has 1 fully saturated rings. The lowest BCUT2D eigenvalue weighted by Gasteiger charge is -2.24. The molecule has 0 N–H and O–H groups in total. The number of benzene rings is 1. The quantitative estimate of drug-likeness (QED) is 0.813. The van der Waals surface area contributed by atoms with Crippen molar-refractivity contribution in [1.82, 2.24) is 0 Å². The van der Waals surface area contributed by atoms with Gasteiger partial charge in [-0.3, -0.25) is 0 Å². The molecule has 0 unspecified atom stereocenters. The van der Waals surface area contributed by atoms with Gasteiger partial charge in [0.1, 0.15) is 6.10 Å². The zero-order valence-electron chi connectivity index (χ0n) is 11.3. The summed E-state index contributed by atoms with van der Waals surface area (Å²) in [6.07, 6.45) is 1.80. The van der Waals surface area contributed by atoms with Crippen LogP contribution in [0.25, 0.3) is 0 Å². The Balaban J connectivity index is 2.14. The van der Waals surface area contributed by atoms with Crippen LogP contribution in [0.5, 0.6) is 5.75 Å². The average molecular weight is 252 g/mol. The van der Waals surface area contributed by atoms with Gasteiger partial charge in [-0.2, -0.15) is 0 Å². The molecule has 0 bridgehead atoms. The van der Waals surface area contributed by atoms with Gasteiger partial charge in [-0.05, 0) is 29.5 Å². The van der Waals surface area contributed by atoms with Gasteiger partial charge in [-0.15, -0.1) is 0 Å². The third kappa shape index (κ3) is 2.83. The van der Waals surface area contributed by atoms with Gasteiger partial charge < -0.3 is 9.47 Å². The summed E-state index contributed by atoms with van der Waals surface area (Å²) in [6, 6.07) is 5.28. The Morgan fingerprint density at radius 1 is 1.44 bits per heavy atom. The lowest BCUT2D eigenvalue weighted by Crippen LogP contribution is -2.18. The Hall–Kier alpha value is -1.09. The molecule has 0 aliphatic carbocycles. The molecule has 1 atom stereocenters. The fourth-order valence-electron chi connectivity index (χ4n) is 2.01. The SMILES string of the molecule is CCC(C)(C)c1ccc(O[C@@H]2CCOC2)c(F)c1. The fraction of sp³-hybridized carbons (Fsp3) is 0.600. The smallest absolute Gasteiger partial charge is 0.165 e. The highest BCUT2D eigenvalue weighted by molar-refractivity contribution is 5.33. The van der Waals surface area contributed by atoms with Crippen LogP contribution in [-0.4, -0.2) is 19.3 Å². The number of hydrogen-bond acceptors (Lipinski definition) is 2. The number of ether oxygens (including phenoxy) is 2. The summed E-state index contributed by atoms with van der Waals surface area (Å²) >= 11 is 0. The van der Waals surface area contributed by atoms with E-state index in [1.165, 1.54) is 0 Å². The summed E-state index contributed by atoms with van der Waals surface area (Å²) in [5, 5.41) is 0. The van der Waals surface area contributed by atoms with Crippen LogP contribution in [0, 0.1) is 5.82 Å². The zero-order chi connectivity index (χ0) is 13.2. The summed E-state index contributed by atoms with van der Waals surface area (Å²) in [6.45, 7) is 7.60. The molecule has 0 spiro atoms. The first kappa shape index (κ1) is 13.3. The van der Waals surface area contributed by atoms with Crippen molar-refractivity contribution >= 4 is 0 Å². The van der Waals surface area contributed by atoms with Crippen molar-refractivity contribution in [2.45, 2.75) is 45.1 Å². The molecule has 0 aromatic heterocycles. The molecule has 100 valence electrons. The molecule has 1 aromatic rings. The van der Waals surface area contributed by atoms with E-state index in [0.29, 0.717) is 19.0 Å². The van der Waals surface area contributed by atoms with Crippen LogP contribution < -0.4 is 4.74 Å². The highest BCUT2D eigenvalue weighted by Gasteiger charge is 2.22. The van der Waals surface area contributed by atoms with Crippen molar-refractivity contribution in [1.29, 1.82) is 0 Å². The first-order chi connectivity index (χ1) is 8.53. The van der Waals surface area contributed by atoms with Gasteiger partial charge in [0.2, 0.25) is 0 Å². The standard InChI is InChI=1S/C15H21FO2/c1-4-15(2,3)11-5-6-14(13(16)9-11)18-12-7-8-17-10-12/h5-6,9,12H,4,7-8,10H2,1-3H3/t12-/m1/s1. The Morgan fingerprint density at radius 2 is 2.22 bits per heavy atom. The predicted octanol–water partition coefficient (Wildman–Crippen LogP) is 3.68. The van der Waals surface area contributed by atoms with E-state index in [2.05, 4.69) is 20.8 Å². The van der Waals surface area contributed by atoms with Crippen molar-refractivity contribution in [3.05, 3.63) is 29.6 Å². The van der Waals surface area contributed by atoms with Crippen molar-refractivity contribution < 1.29 is 13.9 Å². The summed E-state index contributed by atoms with van der Waals surface area (Å²) in [5.41, 5.74) is 1.01. The molecule has 0 amide bonds. The van der Waals surface area contributed by atoms with Crippen LogP contribution in [0.1, 0.15) is 39.2 Å².